The van der Waals surface area contributed by atoms with Gasteiger partial charge in [-0.1, -0.05) is 17.7 Å². The van der Waals surface area contributed by atoms with Gasteiger partial charge in [-0.2, -0.15) is 0 Å². The van der Waals surface area contributed by atoms with Gasteiger partial charge in [0, 0.05) is 18.5 Å². The van der Waals surface area contributed by atoms with Gasteiger partial charge in [0.2, 0.25) is 5.91 Å². The molecule has 0 spiro atoms. The minimum atomic E-state index is -0.275. The zero-order valence-corrected chi connectivity index (χ0v) is 14.8. The van der Waals surface area contributed by atoms with E-state index in [1.165, 1.54) is 6.26 Å². The lowest BCUT2D eigenvalue weighted by molar-refractivity contribution is -0.121. The molecular weight excluding hydrogens is 320 g/mol. The Morgan fingerprint density at radius 2 is 2.08 bits per heavy atom. The molecule has 1 heterocycles. The summed E-state index contributed by atoms with van der Waals surface area (Å²) in [5, 5.41) is 5.68. The second kappa shape index (κ2) is 8.92. The first-order valence-corrected chi connectivity index (χ1v) is 8.27. The fraction of sp³-hybridized carbons (Fsp3) is 0.368. The topological polar surface area (TPSA) is 80.6 Å². The lowest BCUT2D eigenvalue weighted by Crippen LogP contribution is -2.29. The zero-order valence-electron chi connectivity index (χ0n) is 14.8. The van der Waals surface area contributed by atoms with Crippen LogP contribution in [0, 0.1) is 6.92 Å². The number of carbonyl (C=O) groups is 2. The molecule has 2 N–H and O–H groups in total. The average molecular weight is 344 g/mol. The van der Waals surface area contributed by atoms with Crippen LogP contribution in [-0.2, 0) is 4.79 Å². The summed E-state index contributed by atoms with van der Waals surface area (Å²) in [5.74, 6) is 0.681. The van der Waals surface area contributed by atoms with Crippen molar-refractivity contribution >= 4 is 11.8 Å². The summed E-state index contributed by atoms with van der Waals surface area (Å²) < 4.78 is 10.4. The maximum absolute atomic E-state index is 12.1. The highest BCUT2D eigenvalue weighted by molar-refractivity contribution is 5.91. The average Bonchev–Trinajstić information content (AvgIpc) is 3.13. The van der Waals surface area contributed by atoms with E-state index in [2.05, 4.69) is 10.6 Å². The quantitative estimate of drug-likeness (QED) is 0.722. The van der Waals surface area contributed by atoms with Crippen molar-refractivity contribution in [2.24, 2.45) is 0 Å². The Kier molecular flexibility index (Phi) is 6.62. The first kappa shape index (κ1) is 18.6. The van der Waals surface area contributed by atoms with E-state index >= 15 is 0 Å². The fourth-order valence-electron chi connectivity index (χ4n) is 2.53. The molecule has 2 amide bonds. The third-order valence-corrected chi connectivity index (χ3v) is 3.84. The maximum atomic E-state index is 12.1. The van der Waals surface area contributed by atoms with Crippen molar-refractivity contribution in [3.63, 3.8) is 0 Å². The van der Waals surface area contributed by atoms with Gasteiger partial charge < -0.3 is 19.8 Å². The lowest BCUT2D eigenvalue weighted by atomic mass is 10.0. The third kappa shape index (κ3) is 5.38. The zero-order chi connectivity index (χ0) is 18.2. The number of ether oxygens (including phenoxy) is 1. The Morgan fingerprint density at radius 3 is 2.76 bits per heavy atom. The minimum Gasteiger partial charge on any atom is -0.496 e. The number of aryl methyl sites for hydroxylation is 1. The highest BCUT2D eigenvalue weighted by atomic mass is 16.5. The minimum absolute atomic E-state index is 0.0664. The van der Waals surface area contributed by atoms with Crippen LogP contribution in [0.25, 0.3) is 0 Å². The molecule has 0 saturated carbocycles. The van der Waals surface area contributed by atoms with Gasteiger partial charge in [-0.05, 0) is 38.5 Å². The first-order valence-electron chi connectivity index (χ1n) is 8.27. The van der Waals surface area contributed by atoms with E-state index in [1.807, 2.05) is 32.0 Å². The molecule has 0 aliphatic rings. The van der Waals surface area contributed by atoms with Crippen molar-refractivity contribution in [1.29, 1.82) is 0 Å². The van der Waals surface area contributed by atoms with Gasteiger partial charge in [0.15, 0.2) is 5.76 Å². The molecule has 2 aromatic rings. The van der Waals surface area contributed by atoms with Gasteiger partial charge >= 0.3 is 0 Å². The van der Waals surface area contributed by atoms with Crippen molar-refractivity contribution in [2.75, 3.05) is 13.7 Å². The monoisotopic (exact) mass is 344 g/mol. The van der Waals surface area contributed by atoms with Crippen molar-refractivity contribution in [2.45, 2.75) is 32.7 Å². The summed E-state index contributed by atoms with van der Waals surface area (Å²) in [5.41, 5.74) is 2.06. The number of nitrogens with one attached hydrogen (secondary N) is 2. The molecule has 0 bridgehead atoms. The van der Waals surface area contributed by atoms with Crippen LogP contribution in [0.15, 0.2) is 41.0 Å². The normalized spacial score (nSPS) is 11.6. The summed E-state index contributed by atoms with van der Waals surface area (Å²) in [6.45, 7) is 4.34. The lowest BCUT2D eigenvalue weighted by Gasteiger charge is -2.18. The van der Waals surface area contributed by atoms with Crippen LogP contribution < -0.4 is 15.4 Å². The molecular formula is C19H24N2O4. The first-order chi connectivity index (χ1) is 12.0. The number of methoxy groups -OCH3 is 1. The number of hydrogen-bond donors (Lipinski definition) is 2. The van der Waals surface area contributed by atoms with E-state index in [0.717, 1.165) is 16.9 Å². The van der Waals surface area contributed by atoms with Crippen LogP contribution in [0.2, 0.25) is 0 Å². The van der Waals surface area contributed by atoms with E-state index in [-0.39, 0.29) is 23.6 Å². The molecule has 1 aromatic heterocycles. The highest BCUT2D eigenvalue weighted by Crippen LogP contribution is 2.26. The molecule has 1 unspecified atom stereocenters. The number of furan rings is 1. The number of rotatable bonds is 8. The van der Waals surface area contributed by atoms with Crippen LogP contribution in [0.5, 0.6) is 5.75 Å². The van der Waals surface area contributed by atoms with Crippen molar-refractivity contribution < 1.29 is 18.7 Å². The SMILES string of the molecule is COc1ccc(C)cc1C(C)NC(=O)CCCNC(=O)c1ccco1. The maximum Gasteiger partial charge on any atom is 0.286 e. The summed E-state index contributed by atoms with van der Waals surface area (Å²) in [7, 11) is 1.62. The van der Waals surface area contributed by atoms with Crippen LogP contribution in [0.4, 0.5) is 0 Å². The molecule has 0 aliphatic heterocycles. The standard InChI is InChI=1S/C19H24N2O4/c1-13-8-9-16(24-3)15(12-13)14(2)21-18(22)7-4-10-20-19(23)17-6-5-11-25-17/h5-6,8-9,11-12,14H,4,7,10H2,1-3H3,(H,20,23)(H,21,22). The van der Waals surface area contributed by atoms with Crippen molar-refractivity contribution in [3.05, 3.63) is 53.5 Å². The summed E-state index contributed by atoms with van der Waals surface area (Å²) >= 11 is 0. The number of benzene rings is 1. The predicted octanol–water partition coefficient (Wildman–Crippen LogP) is 2.98. The summed E-state index contributed by atoms with van der Waals surface area (Å²) in [4.78, 5) is 23.8. The van der Waals surface area contributed by atoms with Gasteiger partial charge in [-0.3, -0.25) is 9.59 Å². The second-order valence-electron chi connectivity index (χ2n) is 5.87. The highest BCUT2D eigenvalue weighted by Gasteiger charge is 2.14. The van der Waals surface area contributed by atoms with Crippen LogP contribution in [0.3, 0.4) is 0 Å². The van der Waals surface area contributed by atoms with E-state index in [1.54, 1.807) is 19.2 Å². The van der Waals surface area contributed by atoms with Crippen molar-refractivity contribution in [3.8, 4) is 5.75 Å². The Hall–Kier alpha value is -2.76. The van der Waals surface area contributed by atoms with Gasteiger partial charge in [-0.15, -0.1) is 0 Å². The number of amides is 2. The second-order valence-corrected chi connectivity index (χ2v) is 5.87. The Bertz CT molecular complexity index is 710. The summed E-state index contributed by atoms with van der Waals surface area (Å²) in [6, 6.07) is 8.98. The van der Waals surface area contributed by atoms with Crippen molar-refractivity contribution in [1.82, 2.24) is 10.6 Å². The Morgan fingerprint density at radius 1 is 1.28 bits per heavy atom. The molecule has 0 aliphatic carbocycles. The fourth-order valence-corrected chi connectivity index (χ4v) is 2.53. The third-order valence-electron chi connectivity index (χ3n) is 3.84. The molecule has 134 valence electrons. The van der Waals surface area contributed by atoms with Crippen LogP contribution in [-0.4, -0.2) is 25.5 Å². The van der Waals surface area contributed by atoms with E-state index < -0.39 is 0 Å². The molecule has 6 nitrogen and oxygen atoms in total. The Labute approximate surface area is 147 Å². The molecule has 2 rings (SSSR count). The van der Waals surface area contributed by atoms with Gasteiger partial charge in [0.05, 0.1) is 19.4 Å². The molecule has 0 fully saturated rings. The van der Waals surface area contributed by atoms with Gasteiger partial charge in [-0.25, -0.2) is 0 Å². The molecule has 6 heteroatoms. The van der Waals surface area contributed by atoms with Crippen LogP contribution in [0.1, 0.15) is 47.5 Å². The Balaban J connectivity index is 1.76. The molecule has 0 radical (unpaired) electrons. The largest absolute Gasteiger partial charge is 0.496 e. The molecule has 0 saturated heterocycles. The summed E-state index contributed by atoms with van der Waals surface area (Å²) in [6.07, 6.45) is 2.33. The van der Waals surface area contributed by atoms with E-state index in [9.17, 15) is 9.59 Å². The smallest absolute Gasteiger partial charge is 0.286 e. The predicted molar refractivity (Wildman–Crippen MR) is 94.6 cm³/mol. The molecule has 1 atom stereocenters. The number of carbonyl (C=O) groups excluding carboxylic acids is 2. The molecule has 25 heavy (non-hydrogen) atoms. The number of hydrogen-bond acceptors (Lipinski definition) is 4. The molecule has 1 aromatic carbocycles. The van der Waals surface area contributed by atoms with Gasteiger partial charge in [0.1, 0.15) is 5.75 Å². The van der Waals surface area contributed by atoms with E-state index in [4.69, 9.17) is 9.15 Å². The van der Waals surface area contributed by atoms with Crippen LogP contribution >= 0.6 is 0 Å². The van der Waals surface area contributed by atoms with Gasteiger partial charge in [0.25, 0.3) is 5.91 Å². The van der Waals surface area contributed by atoms with E-state index in [0.29, 0.717) is 19.4 Å².